The molecular weight excluding hydrogens is 190 g/mol. The van der Waals surface area contributed by atoms with Crippen molar-refractivity contribution in [3.8, 4) is 0 Å². The summed E-state index contributed by atoms with van der Waals surface area (Å²) in [7, 11) is 0. The predicted octanol–water partition coefficient (Wildman–Crippen LogP) is 0.471. The summed E-state index contributed by atoms with van der Waals surface area (Å²) >= 11 is 1.77. The van der Waals surface area contributed by atoms with Crippen molar-refractivity contribution in [2.75, 3.05) is 6.26 Å². The normalized spacial score (nSPS) is 27.2. The second-order valence-electron chi connectivity index (χ2n) is 3.15. The lowest BCUT2D eigenvalue weighted by Crippen LogP contribution is -2.37. The number of hydrogen-bond donors (Lipinski definition) is 2. The molecule has 0 heterocycles. The van der Waals surface area contributed by atoms with Crippen LogP contribution < -0.4 is 5.32 Å². The van der Waals surface area contributed by atoms with Crippen LogP contribution in [-0.4, -0.2) is 34.5 Å². The van der Waals surface area contributed by atoms with E-state index in [0.717, 1.165) is 19.3 Å². The second kappa shape index (κ2) is 4.50. The molecule has 0 saturated heterocycles. The Morgan fingerprint density at radius 3 is 2.62 bits per heavy atom. The number of hydrogen-bond acceptors (Lipinski definition) is 3. The van der Waals surface area contributed by atoms with Crippen molar-refractivity contribution in [2.45, 2.75) is 30.6 Å². The van der Waals surface area contributed by atoms with Crippen LogP contribution in [0.5, 0.6) is 0 Å². The van der Waals surface area contributed by atoms with Gasteiger partial charge in [-0.2, -0.15) is 11.8 Å². The van der Waals surface area contributed by atoms with Crippen molar-refractivity contribution in [2.24, 2.45) is 0 Å². The van der Waals surface area contributed by atoms with E-state index in [9.17, 15) is 9.59 Å². The van der Waals surface area contributed by atoms with Crippen LogP contribution in [0.2, 0.25) is 0 Å². The summed E-state index contributed by atoms with van der Waals surface area (Å²) in [4.78, 5) is 21.0. The summed E-state index contributed by atoms with van der Waals surface area (Å²) in [6.07, 6.45) is 4.88. The molecule has 2 atom stereocenters. The van der Waals surface area contributed by atoms with E-state index in [0.29, 0.717) is 5.25 Å². The SMILES string of the molecule is CSC1CCC(NC(=O)C(=O)O)C1. The van der Waals surface area contributed by atoms with E-state index in [4.69, 9.17) is 5.11 Å². The Balaban J connectivity index is 2.32. The van der Waals surface area contributed by atoms with E-state index in [-0.39, 0.29) is 6.04 Å². The summed E-state index contributed by atoms with van der Waals surface area (Å²) in [5.41, 5.74) is 0. The summed E-state index contributed by atoms with van der Waals surface area (Å²) < 4.78 is 0. The van der Waals surface area contributed by atoms with Crippen LogP contribution >= 0.6 is 11.8 Å². The first-order valence-electron chi connectivity index (χ1n) is 4.20. The Morgan fingerprint density at radius 2 is 2.15 bits per heavy atom. The van der Waals surface area contributed by atoms with Crippen LogP contribution in [0, 0.1) is 0 Å². The standard InChI is InChI=1S/C8H13NO3S/c1-13-6-3-2-5(4-6)9-7(10)8(11)12/h5-6H,2-4H2,1H3,(H,9,10)(H,11,12). The van der Waals surface area contributed by atoms with Gasteiger partial charge in [-0.25, -0.2) is 4.79 Å². The number of aliphatic carboxylic acids is 1. The van der Waals surface area contributed by atoms with Gasteiger partial charge < -0.3 is 10.4 Å². The van der Waals surface area contributed by atoms with Crippen LogP contribution in [-0.2, 0) is 9.59 Å². The van der Waals surface area contributed by atoms with Gasteiger partial charge in [0.25, 0.3) is 0 Å². The molecule has 2 unspecified atom stereocenters. The van der Waals surface area contributed by atoms with E-state index in [1.165, 1.54) is 0 Å². The van der Waals surface area contributed by atoms with Crippen molar-refractivity contribution >= 4 is 23.6 Å². The Kier molecular flexibility index (Phi) is 3.59. The average molecular weight is 203 g/mol. The molecule has 0 spiro atoms. The van der Waals surface area contributed by atoms with E-state index < -0.39 is 11.9 Å². The van der Waals surface area contributed by atoms with Crippen LogP contribution in [0.1, 0.15) is 19.3 Å². The number of amides is 1. The molecule has 2 N–H and O–H groups in total. The number of carboxylic acids is 1. The molecule has 0 aromatic carbocycles. The molecule has 1 aliphatic rings. The smallest absolute Gasteiger partial charge is 0.394 e. The summed E-state index contributed by atoms with van der Waals surface area (Å²) in [5.74, 6) is -2.28. The molecule has 1 fully saturated rings. The Hall–Kier alpha value is -0.710. The Bertz CT molecular complexity index is 219. The third-order valence-corrected chi connectivity index (χ3v) is 3.34. The van der Waals surface area contributed by atoms with E-state index in [2.05, 4.69) is 5.32 Å². The molecule has 0 bridgehead atoms. The maximum Gasteiger partial charge on any atom is 0.394 e. The van der Waals surface area contributed by atoms with Gasteiger partial charge in [-0.05, 0) is 25.5 Å². The van der Waals surface area contributed by atoms with Crippen LogP contribution in [0.3, 0.4) is 0 Å². The quantitative estimate of drug-likeness (QED) is 0.640. The summed E-state index contributed by atoms with van der Waals surface area (Å²) in [6, 6.07) is 0.0565. The van der Waals surface area contributed by atoms with Gasteiger partial charge in [-0.1, -0.05) is 0 Å². The zero-order chi connectivity index (χ0) is 9.84. The molecule has 4 nitrogen and oxygen atoms in total. The van der Waals surface area contributed by atoms with Gasteiger partial charge in [-0.15, -0.1) is 0 Å². The number of carbonyl (C=O) groups excluding carboxylic acids is 1. The maximum absolute atomic E-state index is 10.8. The molecule has 0 aromatic rings. The third kappa shape index (κ3) is 2.91. The molecule has 0 radical (unpaired) electrons. The average Bonchev–Trinajstić information content (AvgIpc) is 2.52. The number of thioether (sulfide) groups is 1. The fourth-order valence-corrected chi connectivity index (χ4v) is 2.33. The first kappa shape index (κ1) is 10.4. The van der Waals surface area contributed by atoms with Gasteiger partial charge in [0.1, 0.15) is 0 Å². The molecule has 74 valence electrons. The van der Waals surface area contributed by atoms with E-state index >= 15 is 0 Å². The van der Waals surface area contributed by atoms with Crippen molar-refractivity contribution in [3.05, 3.63) is 0 Å². The molecule has 0 aliphatic heterocycles. The molecule has 1 rings (SSSR count). The molecule has 1 saturated carbocycles. The van der Waals surface area contributed by atoms with E-state index in [1.54, 1.807) is 11.8 Å². The zero-order valence-electron chi connectivity index (χ0n) is 7.45. The number of carboxylic acid groups (broad SMARTS) is 1. The maximum atomic E-state index is 10.8. The fourth-order valence-electron chi connectivity index (χ4n) is 1.53. The largest absolute Gasteiger partial charge is 0.474 e. The highest BCUT2D eigenvalue weighted by Crippen LogP contribution is 2.27. The number of carbonyl (C=O) groups is 2. The molecule has 0 aromatic heterocycles. The minimum Gasteiger partial charge on any atom is -0.474 e. The Morgan fingerprint density at radius 1 is 1.46 bits per heavy atom. The monoisotopic (exact) mass is 203 g/mol. The molecule has 13 heavy (non-hydrogen) atoms. The van der Waals surface area contributed by atoms with Gasteiger partial charge in [0.2, 0.25) is 0 Å². The summed E-state index contributed by atoms with van der Waals surface area (Å²) in [5, 5.41) is 11.4. The van der Waals surface area contributed by atoms with E-state index in [1.807, 2.05) is 6.26 Å². The lowest BCUT2D eigenvalue weighted by atomic mass is 10.2. The van der Waals surface area contributed by atoms with Gasteiger partial charge in [0.05, 0.1) is 0 Å². The highest BCUT2D eigenvalue weighted by Gasteiger charge is 2.26. The minimum absolute atomic E-state index is 0.0565. The van der Waals surface area contributed by atoms with Crippen LogP contribution in [0.25, 0.3) is 0 Å². The lowest BCUT2D eigenvalue weighted by molar-refractivity contribution is -0.150. The molecule has 1 amide bonds. The predicted molar refractivity (Wildman–Crippen MR) is 50.7 cm³/mol. The topological polar surface area (TPSA) is 66.4 Å². The number of nitrogens with one attached hydrogen (secondary N) is 1. The molecule has 1 aliphatic carbocycles. The van der Waals surface area contributed by atoms with Gasteiger partial charge in [-0.3, -0.25) is 4.79 Å². The highest BCUT2D eigenvalue weighted by atomic mass is 32.2. The summed E-state index contributed by atoms with van der Waals surface area (Å²) in [6.45, 7) is 0. The van der Waals surface area contributed by atoms with Crippen molar-refractivity contribution < 1.29 is 14.7 Å². The molecular formula is C8H13NO3S. The first-order valence-corrected chi connectivity index (χ1v) is 5.49. The van der Waals surface area contributed by atoms with Crippen molar-refractivity contribution in [3.63, 3.8) is 0 Å². The van der Waals surface area contributed by atoms with Gasteiger partial charge >= 0.3 is 11.9 Å². The van der Waals surface area contributed by atoms with Gasteiger partial charge in [0, 0.05) is 11.3 Å². The minimum atomic E-state index is -1.40. The van der Waals surface area contributed by atoms with Crippen molar-refractivity contribution in [1.82, 2.24) is 5.32 Å². The van der Waals surface area contributed by atoms with Crippen molar-refractivity contribution in [1.29, 1.82) is 0 Å². The fraction of sp³-hybridized carbons (Fsp3) is 0.750. The van der Waals surface area contributed by atoms with Crippen LogP contribution in [0.4, 0.5) is 0 Å². The third-order valence-electron chi connectivity index (χ3n) is 2.25. The first-order chi connectivity index (χ1) is 6.13. The van der Waals surface area contributed by atoms with Crippen LogP contribution in [0.15, 0.2) is 0 Å². The lowest BCUT2D eigenvalue weighted by Gasteiger charge is -2.10. The highest BCUT2D eigenvalue weighted by molar-refractivity contribution is 7.99. The second-order valence-corrected chi connectivity index (χ2v) is 4.28. The Labute approximate surface area is 81.1 Å². The van der Waals surface area contributed by atoms with Gasteiger partial charge in [0.15, 0.2) is 0 Å². The molecule has 5 heteroatoms. The zero-order valence-corrected chi connectivity index (χ0v) is 8.26. The number of rotatable bonds is 2.